The number of nitrogens with zero attached hydrogens (tertiary/aromatic N) is 1. The molecule has 0 saturated carbocycles. The Kier molecular flexibility index (Phi) is 3.53. The summed E-state index contributed by atoms with van der Waals surface area (Å²) in [5.74, 6) is 0.731. The van der Waals surface area contributed by atoms with E-state index in [0.717, 1.165) is 32.0 Å². The van der Waals surface area contributed by atoms with Crippen LogP contribution < -0.4 is 0 Å². The predicted octanol–water partition coefficient (Wildman–Crippen LogP) is 2.12. The van der Waals surface area contributed by atoms with Gasteiger partial charge >= 0.3 is 0 Å². The molecule has 1 aliphatic rings. The molecule has 1 rings (SSSR count). The van der Waals surface area contributed by atoms with Gasteiger partial charge in [-0.05, 0) is 13.3 Å². The van der Waals surface area contributed by atoms with Gasteiger partial charge in [0.25, 0.3) is 0 Å². The van der Waals surface area contributed by atoms with Crippen molar-refractivity contribution >= 4 is 5.84 Å². The summed E-state index contributed by atoms with van der Waals surface area (Å²) in [4.78, 5) is 2.15. The molecule has 3 nitrogen and oxygen atoms in total. The monoisotopic (exact) mass is 198 g/mol. The Morgan fingerprint density at radius 3 is 2.64 bits per heavy atom. The van der Waals surface area contributed by atoms with Crippen LogP contribution >= 0.6 is 0 Å². The van der Waals surface area contributed by atoms with Crippen molar-refractivity contribution in [2.45, 2.75) is 40.2 Å². The lowest BCUT2D eigenvalue weighted by molar-refractivity contribution is 0.0736. The van der Waals surface area contributed by atoms with Crippen LogP contribution in [0.1, 0.15) is 34.1 Å². The molecule has 1 atom stereocenters. The van der Waals surface area contributed by atoms with Gasteiger partial charge in [0, 0.05) is 25.1 Å². The number of rotatable bonds is 0. The van der Waals surface area contributed by atoms with Crippen LogP contribution in [0.3, 0.4) is 0 Å². The zero-order valence-electron chi connectivity index (χ0n) is 9.76. The van der Waals surface area contributed by atoms with Crippen LogP contribution in [0, 0.1) is 10.8 Å². The van der Waals surface area contributed by atoms with Crippen LogP contribution in [0.25, 0.3) is 0 Å². The van der Waals surface area contributed by atoms with Gasteiger partial charge in [-0.15, -0.1) is 0 Å². The minimum absolute atomic E-state index is 0.0515. The second-order valence-electron chi connectivity index (χ2n) is 5.08. The maximum Gasteiger partial charge on any atom is 0.101 e. The molecule has 0 spiro atoms. The van der Waals surface area contributed by atoms with Gasteiger partial charge in [0.2, 0.25) is 0 Å². The Balaban J connectivity index is 2.62. The van der Waals surface area contributed by atoms with E-state index >= 15 is 0 Å². The van der Waals surface area contributed by atoms with E-state index in [1.165, 1.54) is 0 Å². The predicted molar refractivity (Wildman–Crippen MR) is 58.8 cm³/mol. The largest absolute Gasteiger partial charge is 0.377 e. The summed E-state index contributed by atoms with van der Waals surface area (Å²) in [6.07, 6.45) is 1.28. The first-order valence-electron chi connectivity index (χ1n) is 5.37. The Bertz CT molecular complexity index is 208. The van der Waals surface area contributed by atoms with E-state index in [4.69, 9.17) is 10.1 Å². The lowest BCUT2D eigenvalue weighted by Crippen LogP contribution is -2.42. The van der Waals surface area contributed by atoms with Crippen LogP contribution in [0.15, 0.2) is 0 Å². The van der Waals surface area contributed by atoms with Gasteiger partial charge in [0.15, 0.2) is 0 Å². The van der Waals surface area contributed by atoms with Crippen LogP contribution in [-0.4, -0.2) is 36.5 Å². The standard InChI is InChI=1S/C11H22N2O/c1-9-8-13(6-5-7-14-9)10(12)11(2,3)4/h9,12H,5-8H2,1-4H3. The number of ether oxygens (including phenoxy) is 1. The summed E-state index contributed by atoms with van der Waals surface area (Å²) >= 11 is 0. The molecule has 1 N–H and O–H groups in total. The fourth-order valence-corrected chi connectivity index (χ4v) is 1.67. The maximum atomic E-state index is 8.09. The lowest BCUT2D eigenvalue weighted by Gasteiger charge is -2.32. The molecule has 1 saturated heterocycles. The van der Waals surface area contributed by atoms with E-state index in [1.807, 2.05) is 0 Å². The molecule has 1 unspecified atom stereocenters. The Morgan fingerprint density at radius 1 is 1.43 bits per heavy atom. The molecular formula is C11H22N2O. The number of amidine groups is 1. The summed E-state index contributed by atoms with van der Waals surface area (Å²) in [5.41, 5.74) is -0.0515. The number of nitrogens with one attached hydrogen (secondary N) is 1. The fourth-order valence-electron chi connectivity index (χ4n) is 1.67. The topological polar surface area (TPSA) is 36.3 Å². The number of hydrogen-bond donors (Lipinski definition) is 1. The second-order valence-corrected chi connectivity index (χ2v) is 5.08. The van der Waals surface area contributed by atoms with Gasteiger partial charge in [0.1, 0.15) is 5.84 Å². The Morgan fingerprint density at radius 2 is 2.07 bits per heavy atom. The van der Waals surface area contributed by atoms with Crippen molar-refractivity contribution in [3.8, 4) is 0 Å². The Hall–Kier alpha value is -0.570. The SMILES string of the molecule is CC1CN(C(=N)C(C)(C)C)CCCO1. The average Bonchev–Trinajstić information content (AvgIpc) is 2.26. The quantitative estimate of drug-likeness (QED) is 0.478. The third-order valence-corrected chi connectivity index (χ3v) is 2.48. The van der Waals surface area contributed by atoms with E-state index in [0.29, 0.717) is 0 Å². The molecule has 1 heterocycles. The van der Waals surface area contributed by atoms with E-state index in [9.17, 15) is 0 Å². The molecule has 1 aliphatic heterocycles. The first-order chi connectivity index (χ1) is 6.41. The fraction of sp³-hybridized carbons (Fsp3) is 0.909. The highest BCUT2D eigenvalue weighted by atomic mass is 16.5. The van der Waals surface area contributed by atoms with Gasteiger partial charge in [-0.1, -0.05) is 20.8 Å². The molecule has 14 heavy (non-hydrogen) atoms. The summed E-state index contributed by atoms with van der Waals surface area (Å²) in [6, 6.07) is 0. The van der Waals surface area contributed by atoms with Gasteiger partial charge < -0.3 is 9.64 Å². The lowest BCUT2D eigenvalue weighted by atomic mass is 9.94. The van der Waals surface area contributed by atoms with Crippen molar-refractivity contribution in [2.24, 2.45) is 5.41 Å². The van der Waals surface area contributed by atoms with Crippen molar-refractivity contribution in [1.29, 1.82) is 5.41 Å². The zero-order chi connectivity index (χ0) is 10.8. The van der Waals surface area contributed by atoms with Crippen LogP contribution in [-0.2, 0) is 4.74 Å². The first kappa shape index (κ1) is 11.5. The minimum Gasteiger partial charge on any atom is -0.377 e. The smallest absolute Gasteiger partial charge is 0.101 e. The van der Waals surface area contributed by atoms with Gasteiger partial charge in [0.05, 0.1) is 6.10 Å². The molecule has 0 aromatic rings. The molecule has 3 heteroatoms. The molecule has 82 valence electrons. The molecule has 1 fully saturated rings. The molecule has 0 radical (unpaired) electrons. The first-order valence-corrected chi connectivity index (χ1v) is 5.37. The minimum atomic E-state index is -0.0515. The van der Waals surface area contributed by atoms with Crippen molar-refractivity contribution < 1.29 is 4.74 Å². The molecule has 0 aliphatic carbocycles. The summed E-state index contributed by atoms with van der Waals surface area (Å²) in [7, 11) is 0. The molecule has 0 bridgehead atoms. The van der Waals surface area contributed by atoms with Crippen LogP contribution in [0.5, 0.6) is 0 Å². The molecule has 0 aromatic carbocycles. The third kappa shape index (κ3) is 2.98. The van der Waals surface area contributed by atoms with Gasteiger partial charge in [-0.2, -0.15) is 0 Å². The van der Waals surface area contributed by atoms with Crippen molar-refractivity contribution in [3.05, 3.63) is 0 Å². The highest BCUT2D eigenvalue weighted by Crippen LogP contribution is 2.19. The van der Waals surface area contributed by atoms with E-state index < -0.39 is 0 Å². The van der Waals surface area contributed by atoms with Crippen LogP contribution in [0.4, 0.5) is 0 Å². The zero-order valence-corrected chi connectivity index (χ0v) is 9.76. The third-order valence-electron chi connectivity index (χ3n) is 2.48. The van der Waals surface area contributed by atoms with Crippen molar-refractivity contribution in [2.75, 3.05) is 19.7 Å². The normalized spacial score (nSPS) is 24.6. The van der Waals surface area contributed by atoms with Gasteiger partial charge in [-0.3, -0.25) is 5.41 Å². The van der Waals surface area contributed by atoms with E-state index in [2.05, 4.69) is 32.6 Å². The Labute approximate surface area is 86.9 Å². The average molecular weight is 198 g/mol. The van der Waals surface area contributed by atoms with E-state index in [1.54, 1.807) is 0 Å². The highest BCUT2D eigenvalue weighted by Gasteiger charge is 2.25. The van der Waals surface area contributed by atoms with Gasteiger partial charge in [-0.25, -0.2) is 0 Å². The second kappa shape index (κ2) is 4.30. The highest BCUT2D eigenvalue weighted by molar-refractivity contribution is 5.84. The molecular weight excluding hydrogens is 176 g/mol. The summed E-state index contributed by atoms with van der Waals surface area (Å²) < 4.78 is 5.56. The molecule has 0 amide bonds. The van der Waals surface area contributed by atoms with Crippen LogP contribution in [0.2, 0.25) is 0 Å². The number of hydrogen-bond acceptors (Lipinski definition) is 2. The maximum absolute atomic E-state index is 8.09. The molecule has 0 aromatic heterocycles. The summed E-state index contributed by atoms with van der Waals surface area (Å²) in [6.45, 7) is 11.0. The summed E-state index contributed by atoms with van der Waals surface area (Å²) in [5, 5.41) is 8.09. The van der Waals surface area contributed by atoms with E-state index in [-0.39, 0.29) is 11.5 Å². The van der Waals surface area contributed by atoms with Crippen molar-refractivity contribution in [3.63, 3.8) is 0 Å². The van der Waals surface area contributed by atoms with Crippen molar-refractivity contribution in [1.82, 2.24) is 4.90 Å².